The van der Waals surface area contributed by atoms with Crippen LogP contribution in [0.5, 0.6) is 0 Å². The molecular weight excluding hydrogens is 262 g/mol. The molecule has 0 spiro atoms. The van der Waals surface area contributed by atoms with E-state index in [1.807, 2.05) is 11.8 Å². The molecule has 0 saturated carbocycles. The van der Waals surface area contributed by atoms with Crippen LogP contribution >= 0.6 is 11.3 Å². The normalized spacial score (nSPS) is 10.7. The maximum atomic E-state index is 11.4. The predicted octanol–water partition coefficient (Wildman–Crippen LogP) is 2.25. The van der Waals surface area contributed by atoms with Crippen LogP contribution in [0.25, 0.3) is 10.2 Å². The van der Waals surface area contributed by atoms with Gasteiger partial charge in [0.25, 0.3) is 0 Å². The van der Waals surface area contributed by atoms with E-state index in [2.05, 4.69) is 23.0 Å². The van der Waals surface area contributed by atoms with E-state index in [4.69, 9.17) is 4.74 Å². The second-order valence-electron chi connectivity index (χ2n) is 4.07. The van der Waals surface area contributed by atoms with E-state index in [1.165, 1.54) is 12.0 Å². The van der Waals surface area contributed by atoms with Crippen molar-refractivity contribution in [3.05, 3.63) is 17.3 Å². The second-order valence-corrected chi connectivity index (χ2v) is 5.19. The molecule has 2 rings (SSSR count). The van der Waals surface area contributed by atoms with Gasteiger partial charge in [-0.3, -0.25) is 4.79 Å². The van der Waals surface area contributed by atoms with Gasteiger partial charge in [-0.25, -0.2) is 9.97 Å². The van der Waals surface area contributed by atoms with Crippen molar-refractivity contribution in [1.29, 1.82) is 0 Å². The molecule has 0 saturated heterocycles. The number of carbonyl (C=O) groups is 1. The number of hydrogen-bond acceptors (Lipinski definition) is 6. The van der Waals surface area contributed by atoms with Gasteiger partial charge in [0, 0.05) is 11.4 Å². The highest BCUT2D eigenvalue weighted by Gasteiger charge is 2.16. The van der Waals surface area contributed by atoms with Crippen LogP contribution in [0.4, 0.5) is 5.82 Å². The predicted molar refractivity (Wildman–Crippen MR) is 76.7 cm³/mol. The summed E-state index contributed by atoms with van der Waals surface area (Å²) in [5, 5.41) is 1.01. The van der Waals surface area contributed by atoms with Gasteiger partial charge in [0.05, 0.1) is 12.5 Å². The quantitative estimate of drug-likeness (QED) is 0.786. The lowest BCUT2D eigenvalue weighted by Crippen LogP contribution is -2.31. The SMILES string of the molecule is CCc1cc2c(N(CC)CC(=O)OC)ncnc2s1. The average Bonchev–Trinajstić information content (AvgIpc) is 2.87. The zero-order valence-corrected chi connectivity index (χ0v) is 12.2. The van der Waals surface area contributed by atoms with Crippen molar-refractivity contribution in [2.75, 3.05) is 25.1 Å². The third kappa shape index (κ3) is 2.84. The van der Waals surface area contributed by atoms with Gasteiger partial charge < -0.3 is 9.64 Å². The number of carbonyl (C=O) groups excluding carboxylic acids is 1. The van der Waals surface area contributed by atoms with Crippen LogP contribution in [-0.2, 0) is 16.0 Å². The van der Waals surface area contributed by atoms with E-state index in [-0.39, 0.29) is 12.5 Å². The summed E-state index contributed by atoms with van der Waals surface area (Å²) < 4.78 is 4.72. The van der Waals surface area contributed by atoms with Crippen molar-refractivity contribution < 1.29 is 9.53 Å². The van der Waals surface area contributed by atoms with Crippen molar-refractivity contribution in [1.82, 2.24) is 9.97 Å². The molecule has 0 aliphatic heterocycles. The van der Waals surface area contributed by atoms with Gasteiger partial charge >= 0.3 is 5.97 Å². The Morgan fingerprint density at radius 1 is 1.42 bits per heavy atom. The van der Waals surface area contributed by atoms with Crippen LogP contribution in [0.3, 0.4) is 0 Å². The van der Waals surface area contributed by atoms with Crippen LogP contribution in [0.15, 0.2) is 12.4 Å². The monoisotopic (exact) mass is 279 g/mol. The molecule has 0 radical (unpaired) electrons. The summed E-state index contributed by atoms with van der Waals surface area (Å²) in [6.45, 7) is 5.00. The Morgan fingerprint density at radius 3 is 2.84 bits per heavy atom. The van der Waals surface area contributed by atoms with Gasteiger partial charge in [-0.2, -0.15) is 0 Å². The summed E-state index contributed by atoms with van der Waals surface area (Å²) in [5.41, 5.74) is 0. The van der Waals surface area contributed by atoms with Crippen LogP contribution in [-0.4, -0.2) is 36.1 Å². The Morgan fingerprint density at radius 2 is 2.21 bits per heavy atom. The molecule has 2 heterocycles. The summed E-state index contributed by atoms with van der Waals surface area (Å²) in [7, 11) is 1.39. The summed E-state index contributed by atoms with van der Waals surface area (Å²) in [4.78, 5) is 24.2. The van der Waals surface area contributed by atoms with Crippen molar-refractivity contribution >= 4 is 33.3 Å². The largest absolute Gasteiger partial charge is 0.468 e. The molecule has 0 aromatic carbocycles. The molecule has 0 atom stereocenters. The Kier molecular flexibility index (Phi) is 4.31. The van der Waals surface area contributed by atoms with Crippen LogP contribution in [0.2, 0.25) is 0 Å². The van der Waals surface area contributed by atoms with Gasteiger partial charge in [0.15, 0.2) is 0 Å². The molecular formula is C13H17N3O2S. The number of aromatic nitrogens is 2. The highest BCUT2D eigenvalue weighted by atomic mass is 32.1. The van der Waals surface area contributed by atoms with Gasteiger partial charge in [0.2, 0.25) is 0 Å². The van der Waals surface area contributed by atoms with Crippen LogP contribution in [0.1, 0.15) is 18.7 Å². The van der Waals surface area contributed by atoms with Crippen molar-refractivity contribution in [2.45, 2.75) is 20.3 Å². The van der Waals surface area contributed by atoms with Gasteiger partial charge in [0.1, 0.15) is 23.5 Å². The number of hydrogen-bond donors (Lipinski definition) is 0. The number of ether oxygens (including phenoxy) is 1. The topological polar surface area (TPSA) is 55.3 Å². The van der Waals surface area contributed by atoms with Crippen molar-refractivity contribution in [3.63, 3.8) is 0 Å². The Balaban J connectivity index is 2.41. The van der Waals surface area contributed by atoms with Crippen molar-refractivity contribution in [2.24, 2.45) is 0 Å². The lowest BCUT2D eigenvalue weighted by molar-refractivity contribution is -0.138. The number of likely N-dealkylation sites (N-methyl/N-ethyl adjacent to an activating group) is 1. The van der Waals surface area contributed by atoms with E-state index in [0.29, 0.717) is 6.54 Å². The van der Waals surface area contributed by atoms with Crippen LogP contribution < -0.4 is 4.90 Å². The molecule has 0 fully saturated rings. The molecule has 0 bridgehead atoms. The van der Waals surface area contributed by atoms with Crippen molar-refractivity contribution in [3.8, 4) is 0 Å². The molecule has 0 unspecified atom stereocenters. The molecule has 0 aliphatic rings. The standard InChI is InChI=1S/C13H17N3O2S/c1-4-9-6-10-12(14-8-15-13(10)19-9)16(5-2)7-11(17)18-3/h6,8H,4-5,7H2,1-3H3. The summed E-state index contributed by atoms with van der Waals surface area (Å²) in [6, 6.07) is 2.11. The number of thiophene rings is 1. The Bertz CT molecular complexity index is 582. The van der Waals surface area contributed by atoms with Gasteiger partial charge in [-0.15, -0.1) is 11.3 Å². The number of aryl methyl sites for hydroxylation is 1. The Hall–Kier alpha value is -1.69. The molecule has 6 heteroatoms. The lowest BCUT2D eigenvalue weighted by Gasteiger charge is -2.20. The van der Waals surface area contributed by atoms with E-state index in [0.717, 1.165) is 22.5 Å². The highest BCUT2D eigenvalue weighted by Crippen LogP contribution is 2.30. The van der Waals surface area contributed by atoms with E-state index >= 15 is 0 Å². The van der Waals surface area contributed by atoms with E-state index in [9.17, 15) is 4.79 Å². The first-order chi connectivity index (χ1) is 9.19. The first-order valence-electron chi connectivity index (χ1n) is 6.24. The lowest BCUT2D eigenvalue weighted by atomic mass is 10.3. The molecule has 0 amide bonds. The molecule has 2 aromatic rings. The number of methoxy groups -OCH3 is 1. The van der Waals surface area contributed by atoms with Crippen LogP contribution in [0, 0.1) is 0 Å². The minimum atomic E-state index is -0.264. The fourth-order valence-electron chi connectivity index (χ4n) is 1.88. The molecule has 2 aromatic heterocycles. The minimum absolute atomic E-state index is 0.205. The molecule has 102 valence electrons. The maximum absolute atomic E-state index is 11.4. The first-order valence-corrected chi connectivity index (χ1v) is 7.06. The molecule has 0 aliphatic carbocycles. The second kappa shape index (κ2) is 5.97. The number of nitrogens with zero attached hydrogens (tertiary/aromatic N) is 3. The fourth-order valence-corrected chi connectivity index (χ4v) is 2.81. The molecule has 19 heavy (non-hydrogen) atoms. The minimum Gasteiger partial charge on any atom is -0.468 e. The third-order valence-corrected chi connectivity index (χ3v) is 4.12. The number of rotatable bonds is 5. The zero-order chi connectivity index (χ0) is 13.8. The smallest absolute Gasteiger partial charge is 0.325 e. The van der Waals surface area contributed by atoms with Gasteiger partial charge in [-0.05, 0) is 19.4 Å². The molecule has 0 N–H and O–H groups in total. The van der Waals surface area contributed by atoms with E-state index < -0.39 is 0 Å². The number of fused-ring (bicyclic) bond motifs is 1. The maximum Gasteiger partial charge on any atom is 0.325 e. The molecule has 5 nitrogen and oxygen atoms in total. The average molecular weight is 279 g/mol. The summed E-state index contributed by atoms with van der Waals surface area (Å²) in [6.07, 6.45) is 2.52. The van der Waals surface area contributed by atoms with Gasteiger partial charge in [-0.1, -0.05) is 6.92 Å². The third-order valence-electron chi connectivity index (χ3n) is 2.94. The zero-order valence-electron chi connectivity index (χ0n) is 11.3. The highest BCUT2D eigenvalue weighted by molar-refractivity contribution is 7.18. The summed E-state index contributed by atoms with van der Waals surface area (Å²) >= 11 is 1.67. The number of esters is 1. The number of anilines is 1. The van der Waals surface area contributed by atoms with E-state index in [1.54, 1.807) is 17.7 Å². The fraction of sp³-hybridized carbons (Fsp3) is 0.462. The Labute approximate surface area is 116 Å². The summed E-state index contributed by atoms with van der Waals surface area (Å²) in [5.74, 6) is 0.536. The first kappa shape index (κ1) is 13.7.